The zero-order valence-electron chi connectivity index (χ0n) is 16.3. The number of benzene rings is 1. The van der Waals surface area contributed by atoms with Crippen LogP contribution in [0.1, 0.15) is 11.4 Å². The molecule has 10 heteroatoms. The maximum atomic E-state index is 6.17. The third-order valence-electron chi connectivity index (χ3n) is 3.93. The molecule has 0 saturated heterocycles. The molecule has 0 aliphatic carbocycles. The first-order valence-corrected chi connectivity index (χ1v) is 10.3. The van der Waals surface area contributed by atoms with E-state index >= 15 is 0 Å². The lowest BCUT2D eigenvalue weighted by Gasteiger charge is -2.07. The summed E-state index contributed by atoms with van der Waals surface area (Å²) in [4.78, 5) is 22.8. The number of nitrogens with one attached hydrogen (secondary N) is 2. The fourth-order valence-electron chi connectivity index (χ4n) is 2.59. The van der Waals surface area contributed by atoms with E-state index < -0.39 is 0 Å². The molecule has 0 saturated carbocycles. The summed E-state index contributed by atoms with van der Waals surface area (Å²) in [6, 6.07) is 9.30. The highest BCUT2D eigenvalue weighted by Gasteiger charge is 2.12. The molecule has 3 aromatic heterocycles. The van der Waals surface area contributed by atoms with Gasteiger partial charge in [0, 0.05) is 18.4 Å². The van der Waals surface area contributed by atoms with Crippen LogP contribution < -0.4 is 15.4 Å². The minimum Gasteiger partial charge on any atom is -0.423 e. The lowest BCUT2D eigenvalue weighted by Crippen LogP contribution is -2.07. The predicted molar refractivity (Wildman–Crippen MR) is 117 cm³/mol. The summed E-state index contributed by atoms with van der Waals surface area (Å²) in [5, 5.41) is 7.38. The first kappa shape index (κ1) is 20.1. The summed E-state index contributed by atoms with van der Waals surface area (Å²) in [6.45, 7) is 2.55. The molecule has 30 heavy (non-hydrogen) atoms. The number of halogens is 1. The van der Waals surface area contributed by atoms with Crippen molar-refractivity contribution in [2.24, 2.45) is 0 Å². The van der Waals surface area contributed by atoms with Gasteiger partial charge in [-0.1, -0.05) is 35.1 Å². The van der Waals surface area contributed by atoms with Crippen molar-refractivity contribution in [3.8, 4) is 22.3 Å². The molecule has 0 aliphatic rings. The van der Waals surface area contributed by atoms with Crippen LogP contribution in [0.25, 0.3) is 10.6 Å². The molecule has 2 N–H and O–H groups in total. The fourth-order valence-corrected chi connectivity index (χ4v) is 3.55. The third-order valence-corrected chi connectivity index (χ3v) is 5.18. The predicted octanol–water partition coefficient (Wildman–Crippen LogP) is 4.61. The van der Waals surface area contributed by atoms with E-state index in [9.17, 15) is 0 Å². The quantitative estimate of drug-likeness (QED) is 0.431. The Hall–Kier alpha value is -3.14. The molecule has 0 atom stereocenters. The largest absolute Gasteiger partial charge is 0.423 e. The van der Waals surface area contributed by atoms with Crippen molar-refractivity contribution in [1.29, 1.82) is 0 Å². The maximum Gasteiger partial charge on any atom is 0.322 e. The SMILES string of the molecule is CNCc1cnc(Nc2ncc(-c3cc(C)nc(Oc4ccccc4Cl)n3)s2)cn1. The van der Waals surface area contributed by atoms with Crippen LogP contribution in [-0.2, 0) is 6.54 Å². The van der Waals surface area contributed by atoms with Crippen LogP contribution in [0.3, 0.4) is 0 Å². The summed E-state index contributed by atoms with van der Waals surface area (Å²) in [7, 11) is 1.87. The third kappa shape index (κ3) is 4.88. The number of ether oxygens (including phenoxy) is 1. The molecule has 3 heterocycles. The van der Waals surface area contributed by atoms with Gasteiger partial charge in [0.15, 0.2) is 10.9 Å². The van der Waals surface area contributed by atoms with Crippen LogP contribution >= 0.6 is 22.9 Å². The smallest absolute Gasteiger partial charge is 0.322 e. The van der Waals surface area contributed by atoms with Gasteiger partial charge in [-0.05, 0) is 32.2 Å². The van der Waals surface area contributed by atoms with Crippen molar-refractivity contribution in [3.63, 3.8) is 0 Å². The topological polar surface area (TPSA) is 97.7 Å². The van der Waals surface area contributed by atoms with E-state index in [4.69, 9.17) is 16.3 Å². The van der Waals surface area contributed by atoms with E-state index in [1.807, 2.05) is 32.2 Å². The Bertz CT molecular complexity index is 1150. The molecule has 0 amide bonds. The van der Waals surface area contributed by atoms with Crippen molar-refractivity contribution >= 4 is 33.9 Å². The molecule has 0 radical (unpaired) electrons. The standard InChI is InChI=1S/C20H18ClN7OS/c1-12-7-15(27-19(26-12)29-16-6-4-3-5-14(16)21)17-10-25-20(30-17)28-18-11-23-13(8-22-2)9-24-18/h3-7,9-11,22H,8H2,1-2H3,(H,24,25,28). The Labute approximate surface area is 182 Å². The Kier molecular flexibility index (Phi) is 6.12. The van der Waals surface area contributed by atoms with Crippen molar-refractivity contribution in [2.75, 3.05) is 12.4 Å². The van der Waals surface area contributed by atoms with E-state index in [1.54, 1.807) is 30.7 Å². The zero-order chi connectivity index (χ0) is 20.9. The van der Waals surface area contributed by atoms with E-state index in [2.05, 4.69) is 35.6 Å². The first-order valence-electron chi connectivity index (χ1n) is 9.07. The Morgan fingerprint density at radius 1 is 1.07 bits per heavy atom. The lowest BCUT2D eigenvalue weighted by molar-refractivity contribution is 0.441. The van der Waals surface area contributed by atoms with Gasteiger partial charge in [-0.2, -0.15) is 4.98 Å². The molecule has 4 aromatic rings. The molecule has 0 spiro atoms. The second kappa shape index (κ2) is 9.12. The van der Waals surface area contributed by atoms with Gasteiger partial charge in [-0.25, -0.2) is 15.0 Å². The highest BCUT2D eigenvalue weighted by atomic mass is 35.5. The summed E-state index contributed by atoms with van der Waals surface area (Å²) in [6.07, 6.45) is 5.15. The lowest BCUT2D eigenvalue weighted by atomic mass is 10.3. The number of hydrogen-bond acceptors (Lipinski definition) is 9. The van der Waals surface area contributed by atoms with E-state index in [1.165, 1.54) is 11.3 Å². The number of thiazole rings is 1. The minimum atomic E-state index is 0.229. The summed E-state index contributed by atoms with van der Waals surface area (Å²) in [5.41, 5.74) is 2.35. The van der Waals surface area contributed by atoms with E-state index in [0.29, 0.717) is 34.0 Å². The molecule has 8 nitrogen and oxygen atoms in total. The normalized spacial score (nSPS) is 10.8. The second-order valence-electron chi connectivity index (χ2n) is 6.29. The highest BCUT2D eigenvalue weighted by Crippen LogP contribution is 2.32. The van der Waals surface area contributed by atoms with Gasteiger partial charge in [-0.15, -0.1) is 0 Å². The summed E-state index contributed by atoms with van der Waals surface area (Å²) < 4.78 is 5.78. The monoisotopic (exact) mass is 439 g/mol. The van der Waals surface area contributed by atoms with Crippen molar-refractivity contribution < 1.29 is 4.74 Å². The van der Waals surface area contributed by atoms with Crippen LogP contribution in [0.15, 0.2) is 48.9 Å². The maximum absolute atomic E-state index is 6.17. The average molecular weight is 440 g/mol. The van der Waals surface area contributed by atoms with Gasteiger partial charge < -0.3 is 15.4 Å². The first-order chi connectivity index (χ1) is 14.6. The number of aromatic nitrogens is 5. The molecule has 152 valence electrons. The van der Waals surface area contributed by atoms with Crippen LogP contribution in [0.4, 0.5) is 10.9 Å². The van der Waals surface area contributed by atoms with Gasteiger partial charge in [0.1, 0.15) is 5.75 Å². The van der Waals surface area contributed by atoms with Crippen LogP contribution in [0.2, 0.25) is 5.02 Å². The average Bonchev–Trinajstić information content (AvgIpc) is 3.20. The second-order valence-corrected chi connectivity index (χ2v) is 7.73. The number of hydrogen-bond donors (Lipinski definition) is 2. The van der Waals surface area contributed by atoms with Gasteiger partial charge in [-0.3, -0.25) is 4.98 Å². The van der Waals surface area contributed by atoms with Gasteiger partial charge in [0.05, 0.1) is 33.7 Å². The Balaban J connectivity index is 1.52. The molecule has 0 bridgehead atoms. The number of rotatable bonds is 7. The van der Waals surface area contributed by atoms with Gasteiger partial charge in [0.25, 0.3) is 0 Å². The Morgan fingerprint density at radius 2 is 1.93 bits per heavy atom. The molecule has 0 unspecified atom stereocenters. The van der Waals surface area contributed by atoms with Crippen LogP contribution in [0, 0.1) is 6.92 Å². The minimum absolute atomic E-state index is 0.229. The molecule has 1 aromatic carbocycles. The van der Waals surface area contributed by atoms with E-state index in [0.717, 1.165) is 16.3 Å². The molecular weight excluding hydrogens is 422 g/mol. The van der Waals surface area contributed by atoms with E-state index in [-0.39, 0.29) is 6.01 Å². The zero-order valence-corrected chi connectivity index (χ0v) is 17.8. The molecule has 4 rings (SSSR count). The molecular formula is C20H18ClN7OS. The number of para-hydroxylation sites is 1. The molecule has 0 fully saturated rings. The van der Waals surface area contributed by atoms with Crippen LogP contribution in [-0.4, -0.2) is 32.0 Å². The van der Waals surface area contributed by atoms with Crippen molar-refractivity contribution in [1.82, 2.24) is 30.2 Å². The Morgan fingerprint density at radius 3 is 2.70 bits per heavy atom. The fraction of sp³-hybridized carbons (Fsp3) is 0.150. The molecule has 0 aliphatic heterocycles. The summed E-state index contributed by atoms with van der Waals surface area (Å²) in [5.74, 6) is 1.13. The summed E-state index contributed by atoms with van der Waals surface area (Å²) >= 11 is 7.61. The van der Waals surface area contributed by atoms with Gasteiger partial charge in [0.2, 0.25) is 0 Å². The van der Waals surface area contributed by atoms with Crippen molar-refractivity contribution in [2.45, 2.75) is 13.5 Å². The number of aryl methyl sites for hydroxylation is 1. The van der Waals surface area contributed by atoms with Crippen LogP contribution in [0.5, 0.6) is 11.8 Å². The van der Waals surface area contributed by atoms with Crippen molar-refractivity contribution in [3.05, 3.63) is 65.3 Å². The number of anilines is 2. The number of nitrogens with zero attached hydrogens (tertiary/aromatic N) is 5. The van der Waals surface area contributed by atoms with Gasteiger partial charge >= 0.3 is 6.01 Å². The highest BCUT2D eigenvalue weighted by molar-refractivity contribution is 7.18.